The van der Waals surface area contributed by atoms with Crippen molar-refractivity contribution >= 4 is 23.6 Å². The second kappa shape index (κ2) is 8.53. The summed E-state index contributed by atoms with van der Waals surface area (Å²) in [6, 6.07) is 18.0. The van der Waals surface area contributed by atoms with Crippen LogP contribution in [0.25, 0.3) is 0 Å². The molecule has 1 aliphatic rings. The molecule has 0 spiro atoms. The van der Waals surface area contributed by atoms with E-state index >= 15 is 0 Å². The first kappa shape index (κ1) is 19.3. The van der Waals surface area contributed by atoms with Gasteiger partial charge in [0.2, 0.25) is 11.8 Å². The van der Waals surface area contributed by atoms with Crippen molar-refractivity contribution in [2.45, 2.75) is 18.0 Å². The van der Waals surface area contributed by atoms with Gasteiger partial charge in [-0.1, -0.05) is 42.5 Å². The third kappa shape index (κ3) is 4.19. The molecule has 0 aliphatic carbocycles. The summed E-state index contributed by atoms with van der Waals surface area (Å²) in [6.45, 7) is 0.228. The average molecular weight is 410 g/mol. The number of rotatable bonds is 6. The van der Waals surface area contributed by atoms with Gasteiger partial charge in [-0.05, 0) is 35.4 Å². The molecule has 1 N–H and O–H groups in total. The second-order valence-electron chi connectivity index (χ2n) is 6.63. The summed E-state index contributed by atoms with van der Waals surface area (Å²) in [4.78, 5) is 27.6. The number of furan rings is 1. The number of halogens is 1. The van der Waals surface area contributed by atoms with Gasteiger partial charge in [0.1, 0.15) is 23.0 Å². The lowest BCUT2D eigenvalue weighted by atomic mass is 10.0. The summed E-state index contributed by atoms with van der Waals surface area (Å²) in [5.74, 6) is 0.117. The lowest BCUT2D eigenvalue weighted by molar-refractivity contribution is -0.139. The molecule has 0 bridgehead atoms. The van der Waals surface area contributed by atoms with Crippen LogP contribution < -0.4 is 5.32 Å². The number of carbonyl (C=O) groups excluding carboxylic acids is 2. The Balaban J connectivity index is 1.66. The van der Waals surface area contributed by atoms with Gasteiger partial charge in [-0.2, -0.15) is 0 Å². The zero-order valence-electron chi connectivity index (χ0n) is 15.5. The minimum atomic E-state index is -0.802. The number of nitrogens with zero attached hydrogens (tertiary/aromatic N) is 1. The van der Waals surface area contributed by atoms with Gasteiger partial charge < -0.3 is 14.6 Å². The molecule has 7 heteroatoms. The maximum Gasteiger partial charge on any atom is 0.247 e. The Hall–Kier alpha value is -3.06. The fourth-order valence-electron chi connectivity index (χ4n) is 3.36. The van der Waals surface area contributed by atoms with Gasteiger partial charge in [0, 0.05) is 0 Å². The maximum absolute atomic E-state index is 13.4. The van der Waals surface area contributed by atoms with E-state index < -0.39 is 6.04 Å². The Bertz CT molecular complexity index is 977. The lowest BCUT2D eigenvalue weighted by Gasteiger charge is -2.32. The molecule has 148 valence electrons. The SMILES string of the molecule is O=C(NCc1ccco1)[C@H](c1ccccc1)N1C(=O)CS[C@H]1c1ccc(F)cc1. The Morgan fingerprint density at radius 2 is 1.90 bits per heavy atom. The number of nitrogens with one attached hydrogen (secondary N) is 1. The molecule has 0 radical (unpaired) electrons. The van der Waals surface area contributed by atoms with E-state index in [1.807, 2.05) is 30.3 Å². The maximum atomic E-state index is 13.4. The quantitative estimate of drug-likeness (QED) is 0.666. The van der Waals surface area contributed by atoms with Crippen LogP contribution in [-0.4, -0.2) is 22.5 Å². The van der Waals surface area contributed by atoms with Crippen LogP contribution in [0.4, 0.5) is 4.39 Å². The molecule has 1 aromatic heterocycles. The minimum Gasteiger partial charge on any atom is -0.467 e. The van der Waals surface area contributed by atoms with E-state index in [9.17, 15) is 14.0 Å². The molecule has 1 aliphatic heterocycles. The smallest absolute Gasteiger partial charge is 0.247 e. The summed E-state index contributed by atoms with van der Waals surface area (Å²) in [6.07, 6.45) is 1.54. The van der Waals surface area contributed by atoms with Crippen LogP contribution in [0.1, 0.15) is 28.3 Å². The number of amides is 2. The van der Waals surface area contributed by atoms with E-state index in [2.05, 4.69) is 5.32 Å². The molecular formula is C22H19FN2O3S. The van der Waals surface area contributed by atoms with Crippen molar-refractivity contribution in [3.8, 4) is 0 Å². The minimum absolute atomic E-state index is 0.133. The highest BCUT2D eigenvalue weighted by molar-refractivity contribution is 8.00. The van der Waals surface area contributed by atoms with Crippen molar-refractivity contribution in [1.29, 1.82) is 0 Å². The summed E-state index contributed by atoms with van der Waals surface area (Å²) >= 11 is 1.43. The van der Waals surface area contributed by atoms with Gasteiger partial charge in [-0.25, -0.2) is 4.39 Å². The van der Waals surface area contributed by atoms with Gasteiger partial charge in [0.15, 0.2) is 0 Å². The molecule has 0 unspecified atom stereocenters. The number of hydrogen-bond donors (Lipinski definition) is 1. The van der Waals surface area contributed by atoms with Crippen LogP contribution in [0.5, 0.6) is 0 Å². The predicted octanol–water partition coefficient (Wildman–Crippen LogP) is 4.05. The lowest BCUT2D eigenvalue weighted by Crippen LogP contribution is -2.42. The fraction of sp³-hybridized carbons (Fsp3) is 0.182. The molecule has 2 atom stereocenters. The Labute approximate surface area is 171 Å². The molecule has 2 aromatic carbocycles. The van der Waals surface area contributed by atoms with Gasteiger partial charge in [0.05, 0.1) is 18.6 Å². The number of thioether (sulfide) groups is 1. The van der Waals surface area contributed by atoms with Crippen molar-refractivity contribution in [3.63, 3.8) is 0 Å². The summed E-state index contributed by atoms with van der Waals surface area (Å²) in [5.41, 5.74) is 1.49. The van der Waals surface area contributed by atoms with Crippen LogP contribution in [0, 0.1) is 5.82 Å². The molecule has 29 heavy (non-hydrogen) atoms. The van der Waals surface area contributed by atoms with Crippen molar-refractivity contribution in [2.75, 3.05) is 5.75 Å². The molecule has 2 heterocycles. The van der Waals surface area contributed by atoms with Gasteiger partial charge >= 0.3 is 0 Å². The first-order valence-electron chi connectivity index (χ1n) is 9.17. The van der Waals surface area contributed by atoms with E-state index in [-0.39, 0.29) is 35.3 Å². The molecule has 1 fully saturated rings. The van der Waals surface area contributed by atoms with Crippen LogP contribution in [0.3, 0.4) is 0 Å². The summed E-state index contributed by atoms with van der Waals surface area (Å²) in [7, 11) is 0. The number of hydrogen-bond acceptors (Lipinski definition) is 4. The zero-order valence-corrected chi connectivity index (χ0v) is 16.3. The van der Waals surface area contributed by atoms with Crippen LogP contribution in [0.2, 0.25) is 0 Å². The van der Waals surface area contributed by atoms with Gasteiger partial charge in [0.25, 0.3) is 0 Å². The molecule has 3 aromatic rings. The Morgan fingerprint density at radius 3 is 2.59 bits per heavy atom. The molecule has 2 amide bonds. The normalized spacial score (nSPS) is 17.3. The second-order valence-corrected chi connectivity index (χ2v) is 7.69. The monoisotopic (exact) mass is 410 g/mol. The van der Waals surface area contributed by atoms with Gasteiger partial charge in [-0.15, -0.1) is 11.8 Å². The van der Waals surface area contributed by atoms with Crippen LogP contribution in [0.15, 0.2) is 77.4 Å². The van der Waals surface area contributed by atoms with E-state index in [0.29, 0.717) is 11.3 Å². The van der Waals surface area contributed by atoms with Crippen molar-refractivity contribution in [2.24, 2.45) is 0 Å². The Morgan fingerprint density at radius 1 is 1.14 bits per heavy atom. The van der Waals surface area contributed by atoms with Crippen molar-refractivity contribution in [1.82, 2.24) is 10.2 Å². The number of carbonyl (C=O) groups is 2. The standard InChI is InChI=1S/C22H19FN2O3S/c23-17-10-8-16(9-11-17)22-25(19(26)14-29-22)20(15-5-2-1-3-6-15)21(27)24-13-18-7-4-12-28-18/h1-12,20,22H,13-14H2,(H,24,27)/t20-,22-/m0/s1. The third-order valence-corrected chi connectivity index (χ3v) is 5.95. The van der Waals surface area contributed by atoms with E-state index in [1.54, 1.807) is 35.4 Å². The predicted molar refractivity (Wildman–Crippen MR) is 108 cm³/mol. The summed E-state index contributed by atoms with van der Waals surface area (Å²) in [5, 5.41) is 2.49. The fourth-order valence-corrected chi connectivity index (χ4v) is 4.56. The highest BCUT2D eigenvalue weighted by atomic mass is 32.2. The largest absolute Gasteiger partial charge is 0.467 e. The zero-order chi connectivity index (χ0) is 20.2. The first-order valence-corrected chi connectivity index (χ1v) is 10.2. The average Bonchev–Trinajstić information content (AvgIpc) is 3.39. The van der Waals surface area contributed by atoms with Crippen molar-refractivity contribution < 1.29 is 18.4 Å². The molecule has 0 saturated carbocycles. The molecular weight excluding hydrogens is 391 g/mol. The van der Waals surface area contributed by atoms with Gasteiger partial charge in [-0.3, -0.25) is 9.59 Å². The van der Waals surface area contributed by atoms with E-state index in [4.69, 9.17) is 4.42 Å². The molecule has 4 rings (SSSR count). The van der Waals surface area contributed by atoms with E-state index in [1.165, 1.54) is 23.9 Å². The Kier molecular flexibility index (Phi) is 5.67. The number of benzene rings is 2. The molecule has 5 nitrogen and oxygen atoms in total. The first-order chi connectivity index (χ1) is 14.1. The molecule has 1 saturated heterocycles. The highest BCUT2D eigenvalue weighted by Crippen LogP contribution is 2.43. The van der Waals surface area contributed by atoms with Crippen molar-refractivity contribution in [3.05, 3.63) is 95.7 Å². The topological polar surface area (TPSA) is 62.6 Å². The van der Waals surface area contributed by atoms with E-state index in [0.717, 1.165) is 5.56 Å². The van der Waals surface area contributed by atoms with Crippen LogP contribution in [-0.2, 0) is 16.1 Å². The summed E-state index contributed by atoms with van der Waals surface area (Å²) < 4.78 is 18.7. The highest BCUT2D eigenvalue weighted by Gasteiger charge is 2.41. The third-order valence-electron chi connectivity index (χ3n) is 4.72. The van der Waals surface area contributed by atoms with Crippen LogP contribution >= 0.6 is 11.8 Å².